The van der Waals surface area contributed by atoms with Gasteiger partial charge in [0.05, 0.1) is 18.7 Å². The first-order chi connectivity index (χ1) is 19.2. The van der Waals surface area contributed by atoms with Crippen molar-refractivity contribution < 1.29 is 38.9 Å². The number of anilines is 1. The van der Waals surface area contributed by atoms with Crippen molar-refractivity contribution in [1.82, 2.24) is 10.6 Å². The van der Waals surface area contributed by atoms with Crippen molar-refractivity contribution in [3.63, 3.8) is 0 Å². The molecule has 5 rings (SSSR count). The fourth-order valence-electron chi connectivity index (χ4n) is 4.68. The van der Waals surface area contributed by atoms with Gasteiger partial charge in [-0.2, -0.15) is 0 Å². The van der Waals surface area contributed by atoms with E-state index in [1.165, 1.54) is 30.3 Å². The highest BCUT2D eigenvalue weighted by molar-refractivity contribution is 6.00. The molecule has 5 N–H and O–H groups in total. The maximum absolute atomic E-state index is 13.2. The maximum Gasteiger partial charge on any atom is 0.340 e. The molecule has 0 saturated heterocycles. The second kappa shape index (κ2) is 10.3. The number of carbonyl (C=O) groups excluding carboxylic acids is 4. The molecule has 11 heteroatoms. The first-order valence-electron chi connectivity index (χ1n) is 12.2. The molecule has 0 radical (unpaired) electrons. The SMILES string of the molecule is C#CCCC(=O)NCC(=O)NCC(=O)Nc1ccc2c(c1)C(=O)OC21c2ccc(O)cc2Oc2cc(O)ccc21. The Morgan fingerprint density at radius 3 is 2.08 bits per heavy atom. The molecule has 2 aliphatic rings. The monoisotopic (exact) mass is 541 g/mol. The molecule has 0 unspecified atom stereocenters. The van der Waals surface area contributed by atoms with Crippen LogP contribution in [0.1, 0.15) is 39.9 Å². The molecule has 2 aliphatic heterocycles. The van der Waals surface area contributed by atoms with Crippen LogP contribution in [0.2, 0.25) is 0 Å². The highest BCUT2D eigenvalue weighted by Gasteiger charge is 2.53. The molecular weight excluding hydrogens is 518 g/mol. The Balaban J connectivity index is 1.35. The summed E-state index contributed by atoms with van der Waals surface area (Å²) in [5.74, 6) is 0.578. The number of nitrogens with one attached hydrogen (secondary N) is 3. The Morgan fingerprint density at radius 1 is 0.825 bits per heavy atom. The lowest BCUT2D eigenvalue weighted by Crippen LogP contribution is -2.40. The second-order valence-corrected chi connectivity index (χ2v) is 9.10. The summed E-state index contributed by atoms with van der Waals surface area (Å²) < 4.78 is 11.9. The summed E-state index contributed by atoms with van der Waals surface area (Å²) in [6, 6.07) is 13.6. The number of phenolic OH excluding ortho intramolecular Hbond substituents is 2. The first kappa shape index (κ1) is 26.1. The quantitative estimate of drug-likeness (QED) is 0.225. The molecule has 3 aromatic carbocycles. The molecule has 0 saturated carbocycles. The molecule has 3 aromatic rings. The van der Waals surface area contributed by atoms with Crippen LogP contribution in [0.5, 0.6) is 23.0 Å². The number of rotatable bonds is 7. The fraction of sp³-hybridized carbons (Fsp3) is 0.172. The van der Waals surface area contributed by atoms with Crippen LogP contribution in [0.4, 0.5) is 5.69 Å². The number of hydrogen-bond donors (Lipinski definition) is 5. The number of carbonyl (C=O) groups is 4. The van der Waals surface area contributed by atoms with Gasteiger partial charge in [-0.15, -0.1) is 12.3 Å². The highest BCUT2D eigenvalue weighted by atomic mass is 16.6. The van der Waals surface area contributed by atoms with E-state index in [1.807, 2.05) is 0 Å². The molecule has 202 valence electrons. The van der Waals surface area contributed by atoms with Crippen molar-refractivity contribution in [3.8, 4) is 35.3 Å². The van der Waals surface area contributed by atoms with E-state index in [9.17, 15) is 29.4 Å². The van der Waals surface area contributed by atoms with Crippen molar-refractivity contribution in [2.45, 2.75) is 18.4 Å². The second-order valence-electron chi connectivity index (χ2n) is 9.10. The van der Waals surface area contributed by atoms with E-state index < -0.39 is 23.4 Å². The smallest absolute Gasteiger partial charge is 0.340 e. The van der Waals surface area contributed by atoms with E-state index >= 15 is 0 Å². The van der Waals surface area contributed by atoms with Crippen LogP contribution in [0.3, 0.4) is 0 Å². The van der Waals surface area contributed by atoms with Gasteiger partial charge in [-0.3, -0.25) is 14.4 Å². The molecule has 0 bridgehead atoms. The normalized spacial score (nSPS) is 13.5. The average molecular weight is 542 g/mol. The number of esters is 1. The van der Waals surface area contributed by atoms with Gasteiger partial charge in [0.25, 0.3) is 0 Å². The zero-order valence-corrected chi connectivity index (χ0v) is 20.9. The van der Waals surface area contributed by atoms with E-state index in [1.54, 1.807) is 24.3 Å². The van der Waals surface area contributed by atoms with Crippen molar-refractivity contribution in [1.29, 1.82) is 0 Å². The number of aromatic hydroxyl groups is 2. The van der Waals surface area contributed by atoms with Crippen molar-refractivity contribution in [2.75, 3.05) is 18.4 Å². The van der Waals surface area contributed by atoms with Gasteiger partial charge in [-0.05, 0) is 36.4 Å². The summed E-state index contributed by atoms with van der Waals surface area (Å²) in [5.41, 5.74) is 0.488. The van der Waals surface area contributed by atoms with E-state index in [4.69, 9.17) is 15.9 Å². The lowest BCUT2D eigenvalue weighted by molar-refractivity contribution is -0.126. The number of benzene rings is 3. The summed E-state index contributed by atoms with van der Waals surface area (Å²) in [4.78, 5) is 49.1. The zero-order valence-electron chi connectivity index (χ0n) is 20.9. The number of ether oxygens (including phenoxy) is 2. The van der Waals surface area contributed by atoms with Gasteiger partial charge in [0, 0.05) is 47.4 Å². The molecule has 0 aromatic heterocycles. The lowest BCUT2D eigenvalue weighted by atomic mass is 9.77. The van der Waals surface area contributed by atoms with Gasteiger partial charge in [0.15, 0.2) is 5.60 Å². The molecule has 3 amide bonds. The predicted octanol–water partition coefficient (Wildman–Crippen LogP) is 2.25. The Hall–Kier alpha value is -5.50. The van der Waals surface area contributed by atoms with E-state index in [0.29, 0.717) is 22.4 Å². The molecular formula is C29H23N3O8. The topological polar surface area (TPSA) is 163 Å². The summed E-state index contributed by atoms with van der Waals surface area (Å²) in [7, 11) is 0. The molecule has 1 spiro atoms. The Kier molecular flexibility index (Phi) is 6.75. The van der Waals surface area contributed by atoms with E-state index in [0.717, 1.165) is 0 Å². The minimum Gasteiger partial charge on any atom is -0.508 e. The van der Waals surface area contributed by atoms with Crippen LogP contribution in [-0.4, -0.2) is 47.0 Å². The van der Waals surface area contributed by atoms with Crippen LogP contribution in [0.15, 0.2) is 54.6 Å². The Morgan fingerprint density at radius 2 is 1.43 bits per heavy atom. The van der Waals surface area contributed by atoms with Crippen LogP contribution in [0.25, 0.3) is 0 Å². The number of fused-ring (bicyclic) bond motifs is 6. The van der Waals surface area contributed by atoms with Crippen LogP contribution in [0, 0.1) is 12.3 Å². The van der Waals surface area contributed by atoms with E-state index in [2.05, 4.69) is 21.9 Å². The highest BCUT2D eigenvalue weighted by Crippen LogP contribution is 2.57. The Bertz CT molecular complexity index is 1560. The number of terminal acetylenes is 1. The van der Waals surface area contributed by atoms with Gasteiger partial charge in [0.1, 0.15) is 23.0 Å². The number of hydrogen-bond acceptors (Lipinski definition) is 8. The van der Waals surface area contributed by atoms with E-state index in [-0.39, 0.29) is 60.4 Å². The van der Waals surface area contributed by atoms with Crippen molar-refractivity contribution in [3.05, 3.63) is 76.9 Å². The zero-order chi connectivity index (χ0) is 28.4. The third-order valence-corrected chi connectivity index (χ3v) is 6.45. The molecule has 0 atom stereocenters. The molecule has 11 nitrogen and oxygen atoms in total. The van der Waals surface area contributed by atoms with Crippen molar-refractivity contribution in [2.24, 2.45) is 0 Å². The third kappa shape index (κ3) is 4.74. The van der Waals surface area contributed by atoms with Crippen LogP contribution < -0.4 is 20.7 Å². The number of amides is 3. The van der Waals surface area contributed by atoms with Crippen molar-refractivity contribution >= 4 is 29.4 Å². The maximum atomic E-state index is 13.2. The molecule has 0 aliphatic carbocycles. The average Bonchev–Trinajstić information content (AvgIpc) is 3.21. The minimum atomic E-state index is -1.42. The minimum absolute atomic E-state index is 0.0570. The largest absolute Gasteiger partial charge is 0.508 e. The summed E-state index contributed by atoms with van der Waals surface area (Å²) in [6.45, 7) is -0.665. The first-order valence-corrected chi connectivity index (χ1v) is 12.2. The summed E-state index contributed by atoms with van der Waals surface area (Å²) in [5, 5.41) is 27.5. The summed E-state index contributed by atoms with van der Waals surface area (Å²) >= 11 is 0. The van der Waals surface area contributed by atoms with Gasteiger partial charge >= 0.3 is 5.97 Å². The summed E-state index contributed by atoms with van der Waals surface area (Å²) in [6.07, 6.45) is 5.45. The predicted molar refractivity (Wildman–Crippen MR) is 141 cm³/mol. The standard InChI is InChI=1S/C29H23N3O8/c1-2-3-4-25(35)30-14-26(36)31-15-27(37)32-16-5-8-20-19(11-16)28(38)40-29(20)21-9-6-17(33)12-23(21)39-24-13-18(34)7-10-22(24)29/h1,5-13,33-34H,3-4,14-15H2,(H,30,35)(H,31,36)(H,32,37). The third-order valence-electron chi connectivity index (χ3n) is 6.45. The number of phenols is 2. The lowest BCUT2D eigenvalue weighted by Gasteiger charge is -2.36. The van der Waals surface area contributed by atoms with Gasteiger partial charge in [0.2, 0.25) is 17.7 Å². The van der Waals surface area contributed by atoms with Gasteiger partial charge in [-0.25, -0.2) is 4.79 Å². The van der Waals surface area contributed by atoms with Crippen LogP contribution in [-0.2, 0) is 24.7 Å². The fourth-order valence-corrected chi connectivity index (χ4v) is 4.68. The van der Waals surface area contributed by atoms with Gasteiger partial charge in [-0.1, -0.05) is 6.07 Å². The van der Waals surface area contributed by atoms with Crippen LogP contribution >= 0.6 is 0 Å². The molecule has 40 heavy (non-hydrogen) atoms. The molecule has 2 heterocycles. The van der Waals surface area contributed by atoms with Gasteiger partial charge < -0.3 is 35.6 Å². The Labute approximate surface area is 228 Å². The molecule has 0 fully saturated rings.